The molecular weight excluding hydrogens is 200 g/mol. The number of fused-ring (bicyclic) bond motifs is 1. The quantitative estimate of drug-likeness (QED) is 0.844. The van der Waals surface area contributed by atoms with Gasteiger partial charge in [0, 0.05) is 11.6 Å². The van der Waals surface area contributed by atoms with E-state index < -0.39 is 0 Å². The van der Waals surface area contributed by atoms with E-state index in [2.05, 4.69) is 17.2 Å². The summed E-state index contributed by atoms with van der Waals surface area (Å²) < 4.78 is 5.42. The minimum atomic E-state index is 0.519. The van der Waals surface area contributed by atoms with E-state index in [1.54, 1.807) is 18.2 Å². The minimum Gasteiger partial charge on any atom is -0.424 e. The number of anilines is 1. The van der Waals surface area contributed by atoms with Crippen molar-refractivity contribution in [2.45, 2.75) is 6.42 Å². The van der Waals surface area contributed by atoms with Gasteiger partial charge < -0.3 is 9.73 Å². The highest BCUT2D eigenvalue weighted by Gasteiger charge is 2.04. The molecule has 73 valence electrons. The summed E-state index contributed by atoms with van der Waals surface area (Å²) in [6.07, 6.45) is 0.791. The molecule has 4 heteroatoms. The average molecular weight is 210 g/mol. The first-order chi connectivity index (χ1) is 6.79. The molecular formula is C10H10ClN2O. The van der Waals surface area contributed by atoms with Gasteiger partial charge in [-0.15, -0.1) is 0 Å². The van der Waals surface area contributed by atoms with Gasteiger partial charge in [-0.3, -0.25) is 0 Å². The molecule has 0 bridgehead atoms. The number of aromatic nitrogens is 1. The number of nitrogens with zero attached hydrogens (tertiary/aromatic N) is 1. The number of hydrogen-bond acceptors (Lipinski definition) is 3. The molecule has 0 atom stereocenters. The van der Waals surface area contributed by atoms with Gasteiger partial charge in [-0.25, -0.2) is 0 Å². The summed E-state index contributed by atoms with van der Waals surface area (Å²) in [6.45, 7) is 4.47. The van der Waals surface area contributed by atoms with Crippen LogP contribution in [0.5, 0.6) is 0 Å². The zero-order chi connectivity index (χ0) is 9.97. The summed E-state index contributed by atoms with van der Waals surface area (Å²) in [5.41, 5.74) is 1.50. The van der Waals surface area contributed by atoms with Crippen molar-refractivity contribution in [3.8, 4) is 0 Å². The second-order valence-electron chi connectivity index (χ2n) is 2.91. The van der Waals surface area contributed by atoms with Crippen molar-refractivity contribution < 1.29 is 4.42 Å². The molecule has 0 aliphatic heterocycles. The molecule has 0 saturated carbocycles. The Bertz CT molecular complexity index is 439. The maximum Gasteiger partial charge on any atom is 0.295 e. The third kappa shape index (κ3) is 1.82. The molecule has 0 amide bonds. The van der Waals surface area contributed by atoms with Crippen LogP contribution in [0.25, 0.3) is 11.1 Å². The molecule has 1 radical (unpaired) electrons. The van der Waals surface area contributed by atoms with E-state index in [0.29, 0.717) is 11.0 Å². The lowest BCUT2D eigenvalue weighted by Crippen LogP contribution is -1.99. The molecule has 1 heterocycles. The van der Waals surface area contributed by atoms with E-state index in [4.69, 9.17) is 16.0 Å². The van der Waals surface area contributed by atoms with Gasteiger partial charge in [0.1, 0.15) is 5.52 Å². The van der Waals surface area contributed by atoms with Gasteiger partial charge in [-0.05, 0) is 24.6 Å². The molecule has 14 heavy (non-hydrogen) atoms. The van der Waals surface area contributed by atoms with Crippen molar-refractivity contribution in [2.24, 2.45) is 0 Å². The Hall–Kier alpha value is -1.22. The second-order valence-corrected chi connectivity index (χ2v) is 3.35. The molecule has 0 aliphatic rings. The van der Waals surface area contributed by atoms with E-state index in [1.165, 1.54) is 0 Å². The van der Waals surface area contributed by atoms with Crippen molar-refractivity contribution in [1.82, 2.24) is 4.98 Å². The number of nitrogens with one attached hydrogen (secondary N) is 1. The maximum atomic E-state index is 5.82. The lowest BCUT2D eigenvalue weighted by molar-refractivity contribution is 0.615. The Balaban J connectivity index is 2.32. The van der Waals surface area contributed by atoms with Crippen LogP contribution in [0.15, 0.2) is 22.6 Å². The number of halogens is 1. The minimum absolute atomic E-state index is 0.519. The highest BCUT2D eigenvalue weighted by molar-refractivity contribution is 6.31. The smallest absolute Gasteiger partial charge is 0.295 e. The number of oxazole rings is 1. The molecule has 0 saturated heterocycles. The van der Waals surface area contributed by atoms with Crippen molar-refractivity contribution in [2.75, 3.05) is 11.9 Å². The van der Waals surface area contributed by atoms with Crippen molar-refractivity contribution in [3.63, 3.8) is 0 Å². The van der Waals surface area contributed by atoms with Crippen LogP contribution in [-0.2, 0) is 0 Å². The van der Waals surface area contributed by atoms with E-state index in [1.807, 2.05) is 0 Å². The van der Waals surface area contributed by atoms with Gasteiger partial charge >= 0.3 is 0 Å². The molecule has 2 aromatic rings. The predicted octanol–water partition coefficient (Wildman–Crippen LogP) is 3.12. The number of rotatable bonds is 3. The molecule has 0 aliphatic carbocycles. The first-order valence-electron chi connectivity index (χ1n) is 4.39. The Labute approximate surface area is 87.1 Å². The Morgan fingerprint density at radius 3 is 3.14 bits per heavy atom. The second kappa shape index (κ2) is 3.88. The molecule has 1 aromatic carbocycles. The van der Waals surface area contributed by atoms with Crippen LogP contribution >= 0.6 is 11.6 Å². The van der Waals surface area contributed by atoms with E-state index >= 15 is 0 Å². The fraction of sp³-hybridized carbons (Fsp3) is 0.200. The predicted molar refractivity (Wildman–Crippen MR) is 57.5 cm³/mol. The van der Waals surface area contributed by atoms with Gasteiger partial charge in [0.15, 0.2) is 5.58 Å². The van der Waals surface area contributed by atoms with Gasteiger partial charge in [0.05, 0.1) is 0 Å². The van der Waals surface area contributed by atoms with Crippen molar-refractivity contribution in [3.05, 3.63) is 30.1 Å². The summed E-state index contributed by atoms with van der Waals surface area (Å²) in [5.74, 6) is 0. The van der Waals surface area contributed by atoms with Gasteiger partial charge in [-0.1, -0.05) is 18.5 Å². The van der Waals surface area contributed by atoms with E-state index in [9.17, 15) is 0 Å². The molecule has 2 rings (SSSR count). The van der Waals surface area contributed by atoms with Crippen LogP contribution in [0.4, 0.5) is 6.01 Å². The highest BCUT2D eigenvalue weighted by Crippen LogP contribution is 2.21. The number of hydrogen-bond donors (Lipinski definition) is 1. The van der Waals surface area contributed by atoms with Gasteiger partial charge in [0.2, 0.25) is 0 Å². The first-order valence-corrected chi connectivity index (χ1v) is 4.76. The monoisotopic (exact) mass is 209 g/mol. The maximum absolute atomic E-state index is 5.82. The third-order valence-electron chi connectivity index (χ3n) is 1.80. The summed E-state index contributed by atoms with van der Waals surface area (Å²) in [5, 5.41) is 3.68. The molecule has 1 N–H and O–H groups in total. The largest absolute Gasteiger partial charge is 0.424 e. The van der Waals surface area contributed by atoms with Crippen LogP contribution in [0, 0.1) is 6.92 Å². The highest BCUT2D eigenvalue weighted by atomic mass is 35.5. The summed E-state index contributed by atoms with van der Waals surface area (Å²) in [6, 6.07) is 5.88. The first kappa shape index (κ1) is 9.34. The fourth-order valence-corrected chi connectivity index (χ4v) is 1.34. The van der Waals surface area contributed by atoms with Crippen LogP contribution < -0.4 is 5.32 Å². The number of benzene rings is 1. The van der Waals surface area contributed by atoms with Gasteiger partial charge in [0.25, 0.3) is 6.01 Å². The normalized spacial score (nSPS) is 10.7. The molecule has 3 nitrogen and oxygen atoms in total. The SMILES string of the molecule is [CH2]CCNc1nc2cc(Cl)ccc2o1. The van der Waals surface area contributed by atoms with Crippen LogP contribution in [0.1, 0.15) is 6.42 Å². The van der Waals surface area contributed by atoms with Gasteiger partial charge in [-0.2, -0.15) is 4.98 Å². The van der Waals surface area contributed by atoms with Crippen molar-refractivity contribution >= 4 is 28.7 Å². The van der Waals surface area contributed by atoms with Crippen LogP contribution in [0.3, 0.4) is 0 Å². The lowest BCUT2D eigenvalue weighted by atomic mass is 10.3. The Kier molecular flexibility index (Phi) is 2.59. The zero-order valence-electron chi connectivity index (χ0n) is 7.59. The molecule has 1 aromatic heterocycles. The lowest BCUT2D eigenvalue weighted by Gasteiger charge is -1.94. The molecule has 0 unspecified atom stereocenters. The van der Waals surface area contributed by atoms with Crippen LogP contribution in [-0.4, -0.2) is 11.5 Å². The summed E-state index contributed by atoms with van der Waals surface area (Å²) in [7, 11) is 0. The standard InChI is InChI=1S/C10H10ClN2O/c1-2-5-12-10-13-8-6-7(11)3-4-9(8)14-10/h3-4,6H,1-2,5H2,(H,12,13). The zero-order valence-corrected chi connectivity index (χ0v) is 8.34. The van der Waals surface area contributed by atoms with E-state index in [-0.39, 0.29) is 0 Å². The average Bonchev–Trinajstić information content (AvgIpc) is 2.56. The third-order valence-corrected chi connectivity index (χ3v) is 2.04. The Morgan fingerprint density at radius 2 is 2.36 bits per heavy atom. The summed E-state index contributed by atoms with van der Waals surface area (Å²) in [4.78, 5) is 4.22. The molecule has 0 fully saturated rings. The van der Waals surface area contributed by atoms with Crippen LogP contribution in [0.2, 0.25) is 5.02 Å². The molecule has 0 spiro atoms. The van der Waals surface area contributed by atoms with E-state index in [0.717, 1.165) is 24.1 Å². The topological polar surface area (TPSA) is 38.1 Å². The Morgan fingerprint density at radius 1 is 1.50 bits per heavy atom. The van der Waals surface area contributed by atoms with Crippen molar-refractivity contribution in [1.29, 1.82) is 0 Å². The summed E-state index contributed by atoms with van der Waals surface area (Å²) >= 11 is 5.82. The fourth-order valence-electron chi connectivity index (χ4n) is 1.17.